The largest absolute Gasteiger partial charge is 0.494 e. The standard InChI is InChI=1S/C26H33ClN4O4/c1-4-16(3)20(15-28-5-2)34-12-11-29-24(32)19-14-17-13-18(27)22-21(23(17)35-19)26(31-25(33)30-22)9-7-6-8-10-26/h5,13-16H,4,6-12H2,1-3H3,(H,29,32)(H2,30,31,33)/b20-15+,28-5-. The van der Waals surface area contributed by atoms with Gasteiger partial charge in [-0.25, -0.2) is 4.79 Å². The number of anilines is 1. The second-order valence-corrected chi connectivity index (χ2v) is 9.62. The fourth-order valence-electron chi connectivity index (χ4n) is 4.87. The van der Waals surface area contributed by atoms with Crippen molar-refractivity contribution in [2.45, 2.75) is 64.8 Å². The topological polar surface area (TPSA) is 105 Å². The molecular weight excluding hydrogens is 468 g/mol. The van der Waals surface area contributed by atoms with E-state index in [1.54, 1.807) is 24.5 Å². The molecule has 2 aliphatic rings. The molecule has 1 aromatic carbocycles. The van der Waals surface area contributed by atoms with Gasteiger partial charge < -0.3 is 25.1 Å². The number of amides is 3. The van der Waals surface area contributed by atoms with Crippen molar-refractivity contribution >= 4 is 46.4 Å². The van der Waals surface area contributed by atoms with Crippen LogP contribution < -0.4 is 16.0 Å². The number of nitrogens with one attached hydrogen (secondary N) is 3. The average molecular weight is 501 g/mol. The number of urea groups is 1. The normalized spacial score (nSPS) is 18.3. The molecule has 2 aromatic rings. The van der Waals surface area contributed by atoms with Crippen LogP contribution in [0.2, 0.25) is 5.02 Å². The minimum Gasteiger partial charge on any atom is -0.494 e. The maximum atomic E-state index is 12.9. The number of carbonyl (C=O) groups excluding carboxylic acids is 2. The summed E-state index contributed by atoms with van der Waals surface area (Å²) in [4.78, 5) is 29.4. The molecule has 188 valence electrons. The van der Waals surface area contributed by atoms with Crippen LogP contribution in [0.4, 0.5) is 10.5 Å². The van der Waals surface area contributed by atoms with E-state index < -0.39 is 5.54 Å². The summed E-state index contributed by atoms with van der Waals surface area (Å²) in [7, 11) is 0. The summed E-state index contributed by atoms with van der Waals surface area (Å²) in [5.74, 6) is 0.889. The van der Waals surface area contributed by atoms with Crippen LogP contribution in [0.15, 0.2) is 33.5 Å². The number of furan rings is 1. The number of rotatable bonds is 8. The Kier molecular flexibility index (Phi) is 7.69. The van der Waals surface area contributed by atoms with E-state index in [0.29, 0.717) is 29.4 Å². The first-order valence-corrected chi connectivity index (χ1v) is 12.7. The maximum absolute atomic E-state index is 12.9. The van der Waals surface area contributed by atoms with Crippen LogP contribution in [-0.2, 0) is 10.3 Å². The van der Waals surface area contributed by atoms with Gasteiger partial charge in [-0.05, 0) is 38.3 Å². The van der Waals surface area contributed by atoms with Crippen molar-refractivity contribution in [3.05, 3.63) is 40.4 Å². The van der Waals surface area contributed by atoms with Crippen LogP contribution in [0.5, 0.6) is 0 Å². The number of allylic oxidation sites excluding steroid dienone is 1. The number of hydrogen-bond acceptors (Lipinski definition) is 5. The van der Waals surface area contributed by atoms with E-state index in [9.17, 15) is 9.59 Å². The fourth-order valence-corrected chi connectivity index (χ4v) is 5.13. The molecule has 4 rings (SSSR count). The molecule has 2 heterocycles. The van der Waals surface area contributed by atoms with Crippen LogP contribution in [0.25, 0.3) is 11.0 Å². The third kappa shape index (κ3) is 5.17. The molecule has 1 saturated carbocycles. The molecule has 35 heavy (non-hydrogen) atoms. The zero-order valence-electron chi connectivity index (χ0n) is 20.5. The van der Waals surface area contributed by atoms with Crippen molar-refractivity contribution in [3.63, 3.8) is 0 Å². The molecule has 1 aliphatic heterocycles. The Morgan fingerprint density at radius 2 is 2.11 bits per heavy atom. The van der Waals surface area contributed by atoms with Gasteiger partial charge in [0, 0.05) is 23.1 Å². The summed E-state index contributed by atoms with van der Waals surface area (Å²) in [6.45, 7) is 6.65. The van der Waals surface area contributed by atoms with Crippen LogP contribution >= 0.6 is 11.6 Å². The summed E-state index contributed by atoms with van der Waals surface area (Å²) in [6.07, 6.45) is 9.08. The lowest BCUT2D eigenvalue weighted by Gasteiger charge is -2.42. The van der Waals surface area contributed by atoms with Gasteiger partial charge in [0.2, 0.25) is 0 Å². The molecule has 1 atom stereocenters. The van der Waals surface area contributed by atoms with Crippen LogP contribution in [0, 0.1) is 5.92 Å². The zero-order chi connectivity index (χ0) is 25.0. The van der Waals surface area contributed by atoms with Crippen molar-refractivity contribution in [2.24, 2.45) is 10.9 Å². The van der Waals surface area contributed by atoms with Gasteiger partial charge in [0.1, 0.15) is 17.9 Å². The number of fused-ring (bicyclic) bond motifs is 4. The highest BCUT2D eigenvalue weighted by molar-refractivity contribution is 6.35. The SMILES string of the molecule is C/C=N\C=C(\OCCNC(=O)c1cc2cc(Cl)c3c(c2o1)C1(CCCCC1)NC(=O)N3)C(C)CC. The minimum atomic E-state index is -0.543. The summed E-state index contributed by atoms with van der Waals surface area (Å²) >= 11 is 6.57. The number of ether oxygens (including phenoxy) is 1. The van der Waals surface area contributed by atoms with Crippen LogP contribution in [-0.4, -0.2) is 31.3 Å². The Bertz CT molecular complexity index is 1160. The predicted octanol–water partition coefficient (Wildman–Crippen LogP) is 6.11. The second-order valence-electron chi connectivity index (χ2n) is 9.21. The first-order chi connectivity index (χ1) is 16.9. The highest BCUT2D eigenvalue weighted by Crippen LogP contribution is 2.48. The Balaban J connectivity index is 1.53. The molecule has 1 aliphatic carbocycles. The van der Waals surface area contributed by atoms with Gasteiger partial charge in [0.25, 0.3) is 5.91 Å². The Morgan fingerprint density at radius 3 is 2.83 bits per heavy atom. The third-order valence-corrected chi connectivity index (χ3v) is 7.16. The molecule has 0 radical (unpaired) electrons. The van der Waals surface area contributed by atoms with Gasteiger partial charge in [-0.3, -0.25) is 9.79 Å². The van der Waals surface area contributed by atoms with Gasteiger partial charge >= 0.3 is 6.03 Å². The molecular formula is C26H33ClN4O4. The Labute approximate surface area is 210 Å². The van der Waals surface area contributed by atoms with E-state index in [0.717, 1.165) is 55.2 Å². The van der Waals surface area contributed by atoms with E-state index in [1.165, 1.54) is 0 Å². The number of aliphatic imine (C=N–C) groups is 1. The Morgan fingerprint density at radius 1 is 1.34 bits per heavy atom. The molecule has 3 amide bonds. The average Bonchev–Trinajstić information content (AvgIpc) is 3.27. The van der Waals surface area contributed by atoms with Gasteiger partial charge in [0.05, 0.1) is 29.0 Å². The van der Waals surface area contributed by atoms with Crippen LogP contribution in [0.1, 0.15) is 75.4 Å². The highest BCUT2D eigenvalue weighted by atomic mass is 35.5. The summed E-state index contributed by atoms with van der Waals surface area (Å²) in [6, 6.07) is 3.17. The van der Waals surface area contributed by atoms with Crippen molar-refractivity contribution in [3.8, 4) is 0 Å². The van der Waals surface area contributed by atoms with E-state index in [1.807, 2.05) is 6.92 Å². The molecule has 1 fully saturated rings. The second kappa shape index (κ2) is 10.7. The first-order valence-electron chi connectivity index (χ1n) is 12.3. The highest BCUT2D eigenvalue weighted by Gasteiger charge is 2.43. The predicted molar refractivity (Wildman–Crippen MR) is 138 cm³/mol. The van der Waals surface area contributed by atoms with Crippen LogP contribution in [0.3, 0.4) is 0 Å². The first kappa shape index (κ1) is 25.1. The van der Waals surface area contributed by atoms with Gasteiger partial charge in [-0.15, -0.1) is 0 Å². The number of halogens is 1. The number of carbonyl (C=O) groups is 2. The van der Waals surface area contributed by atoms with Gasteiger partial charge in [0.15, 0.2) is 5.76 Å². The summed E-state index contributed by atoms with van der Waals surface area (Å²) < 4.78 is 12.0. The molecule has 3 N–H and O–H groups in total. The molecule has 0 bridgehead atoms. The van der Waals surface area contributed by atoms with Crippen molar-refractivity contribution < 1.29 is 18.7 Å². The minimum absolute atomic E-state index is 0.195. The number of nitrogens with zero attached hydrogens (tertiary/aromatic N) is 1. The maximum Gasteiger partial charge on any atom is 0.319 e. The van der Waals surface area contributed by atoms with E-state index in [4.69, 9.17) is 20.8 Å². The van der Waals surface area contributed by atoms with Crippen molar-refractivity contribution in [2.75, 3.05) is 18.5 Å². The molecule has 1 aromatic heterocycles. The molecule has 0 saturated heterocycles. The lowest BCUT2D eigenvalue weighted by atomic mass is 9.74. The molecule has 1 unspecified atom stereocenters. The Hall–Kier alpha value is -3.00. The summed E-state index contributed by atoms with van der Waals surface area (Å²) in [5, 5.41) is 9.99. The third-order valence-electron chi connectivity index (χ3n) is 6.86. The smallest absolute Gasteiger partial charge is 0.319 e. The van der Waals surface area contributed by atoms with Crippen molar-refractivity contribution in [1.82, 2.24) is 10.6 Å². The van der Waals surface area contributed by atoms with E-state index in [-0.39, 0.29) is 23.6 Å². The number of hydrogen-bond donors (Lipinski definition) is 3. The van der Waals surface area contributed by atoms with E-state index in [2.05, 4.69) is 34.8 Å². The molecule has 1 spiro atoms. The zero-order valence-corrected chi connectivity index (χ0v) is 21.3. The number of benzene rings is 1. The lowest BCUT2D eigenvalue weighted by Crippen LogP contribution is -2.52. The van der Waals surface area contributed by atoms with Gasteiger partial charge in [-0.1, -0.05) is 44.7 Å². The fraction of sp³-hybridized carbons (Fsp3) is 0.500. The lowest BCUT2D eigenvalue weighted by molar-refractivity contribution is 0.0909. The quantitative estimate of drug-likeness (QED) is 0.231. The van der Waals surface area contributed by atoms with E-state index >= 15 is 0 Å². The van der Waals surface area contributed by atoms with Crippen molar-refractivity contribution in [1.29, 1.82) is 0 Å². The molecule has 9 heteroatoms. The summed E-state index contributed by atoms with van der Waals surface area (Å²) in [5.41, 5.74) is 1.44. The monoisotopic (exact) mass is 500 g/mol. The van der Waals surface area contributed by atoms with Gasteiger partial charge in [-0.2, -0.15) is 0 Å². The molecule has 8 nitrogen and oxygen atoms in total.